The molecule has 0 aromatic heterocycles. The van der Waals surface area contributed by atoms with E-state index < -0.39 is 14.9 Å². The van der Waals surface area contributed by atoms with E-state index in [9.17, 15) is 18.5 Å². The summed E-state index contributed by atoms with van der Waals surface area (Å²) < 4.78 is 32.7. The second kappa shape index (κ2) is 4.74. The molecule has 0 unspecified atom stereocenters. The second-order valence-corrected chi connectivity index (χ2v) is 8.09. The van der Waals surface area contributed by atoms with Gasteiger partial charge in [0, 0.05) is 18.7 Å². The Morgan fingerprint density at radius 1 is 1.23 bits per heavy atom. The van der Waals surface area contributed by atoms with Gasteiger partial charge in [-0.15, -0.1) is 0 Å². The molecule has 22 heavy (non-hydrogen) atoms. The van der Waals surface area contributed by atoms with Crippen molar-refractivity contribution in [1.82, 2.24) is 4.72 Å². The van der Waals surface area contributed by atoms with Crippen molar-refractivity contribution in [1.29, 1.82) is 0 Å². The minimum atomic E-state index is -3.62. The summed E-state index contributed by atoms with van der Waals surface area (Å²) in [5.41, 5.74) is -0.121. The summed E-state index contributed by atoms with van der Waals surface area (Å²) in [6.07, 6.45) is 2.97. The Hall–Kier alpha value is -1.51. The predicted octanol–water partition coefficient (Wildman–Crippen LogP) is 1.30. The third-order valence-electron chi connectivity index (χ3n) is 5.13. The first-order chi connectivity index (χ1) is 10.5. The van der Waals surface area contributed by atoms with Gasteiger partial charge in [-0.1, -0.05) is 0 Å². The van der Waals surface area contributed by atoms with Gasteiger partial charge in [-0.3, -0.25) is 10.1 Å². The van der Waals surface area contributed by atoms with Crippen LogP contribution in [0.15, 0.2) is 29.2 Å². The smallest absolute Gasteiger partial charge is 0.269 e. The number of epoxide rings is 1. The van der Waals surface area contributed by atoms with Crippen LogP contribution in [0.25, 0.3) is 0 Å². The monoisotopic (exact) mass is 324 g/mol. The zero-order valence-electron chi connectivity index (χ0n) is 11.7. The molecule has 4 rings (SSSR count). The molecule has 1 saturated heterocycles. The maximum Gasteiger partial charge on any atom is 0.269 e. The van der Waals surface area contributed by atoms with Crippen LogP contribution in [0.2, 0.25) is 0 Å². The van der Waals surface area contributed by atoms with E-state index in [1.54, 1.807) is 0 Å². The molecular formula is C14H16N2O5S. The lowest BCUT2D eigenvalue weighted by Crippen LogP contribution is -2.33. The summed E-state index contributed by atoms with van der Waals surface area (Å²) in [4.78, 5) is 10.1. The number of non-ortho nitro benzene ring substituents is 1. The SMILES string of the molecule is O=[N+]([O-])c1ccc(S(=O)(=O)NC[C@@H]2C[C@H]3C[C@H]2[C@@H]2O[C@H]32)cc1. The molecule has 0 spiro atoms. The molecule has 2 saturated carbocycles. The van der Waals surface area contributed by atoms with E-state index in [1.807, 2.05) is 0 Å². The normalized spacial score (nSPS) is 35.4. The van der Waals surface area contributed by atoms with Crippen molar-refractivity contribution in [3.8, 4) is 0 Å². The van der Waals surface area contributed by atoms with Gasteiger partial charge in [0.15, 0.2) is 0 Å². The van der Waals surface area contributed by atoms with Crippen molar-refractivity contribution in [2.24, 2.45) is 17.8 Å². The summed E-state index contributed by atoms with van der Waals surface area (Å²) in [6, 6.07) is 4.94. The number of rotatable bonds is 5. The van der Waals surface area contributed by atoms with Crippen LogP contribution in [-0.2, 0) is 14.8 Å². The van der Waals surface area contributed by atoms with Crippen LogP contribution in [0, 0.1) is 27.9 Å². The Morgan fingerprint density at radius 3 is 2.55 bits per heavy atom. The molecule has 1 aliphatic heterocycles. The van der Waals surface area contributed by atoms with Crippen LogP contribution in [-0.4, -0.2) is 32.1 Å². The standard InChI is InChI=1S/C14H16N2O5S/c17-16(18)10-1-3-11(4-2-10)22(19,20)15-7-9-5-8-6-12(9)14-13(8)21-14/h1-4,8-9,12-15H,5-7H2/t8-,9-,12+,13+,14-/m0/s1. The topological polar surface area (TPSA) is 102 Å². The fraction of sp³-hybridized carbons (Fsp3) is 0.571. The maximum absolute atomic E-state index is 12.3. The van der Waals surface area contributed by atoms with E-state index in [2.05, 4.69) is 4.72 Å². The summed E-state index contributed by atoms with van der Waals surface area (Å²) >= 11 is 0. The number of nitro groups is 1. The van der Waals surface area contributed by atoms with Crippen LogP contribution < -0.4 is 4.72 Å². The van der Waals surface area contributed by atoms with Crippen LogP contribution in [0.5, 0.6) is 0 Å². The van der Waals surface area contributed by atoms with Crippen LogP contribution >= 0.6 is 0 Å². The van der Waals surface area contributed by atoms with Gasteiger partial charge < -0.3 is 4.74 Å². The quantitative estimate of drug-likeness (QED) is 0.499. The molecule has 0 amide bonds. The van der Waals surface area contributed by atoms with Gasteiger partial charge in [0.05, 0.1) is 22.0 Å². The van der Waals surface area contributed by atoms with Crippen LogP contribution in [0.1, 0.15) is 12.8 Å². The van der Waals surface area contributed by atoms with E-state index in [4.69, 9.17) is 4.74 Å². The van der Waals surface area contributed by atoms with E-state index in [-0.39, 0.29) is 10.6 Å². The van der Waals surface area contributed by atoms with Crippen molar-refractivity contribution < 1.29 is 18.1 Å². The zero-order valence-corrected chi connectivity index (χ0v) is 12.5. The third-order valence-corrected chi connectivity index (χ3v) is 6.57. The highest BCUT2D eigenvalue weighted by Crippen LogP contribution is 2.58. The predicted molar refractivity (Wildman–Crippen MR) is 76.6 cm³/mol. The molecule has 5 atom stereocenters. The molecule has 2 bridgehead atoms. The first-order valence-electron chi connectivity index (χ1n) is 7.35. The minimum Gasteiger partial charge on any atom is -0.369 e. The highest BCUT2D eigenvalue weighted by atomic mass is 32.2. The molecular weight excluding hydrogens is 308 g/mol. The Morgan fingerprint density at radius 2 is 1.95 bits per heavy atom. The summed E-state index contributed by atoms with van der Waals surface area (Å²) in [6.45, 7) is 0.410. The minimum absolute atomic E-state index is 0.0572. The zero-order chi connectivity index (χ0) is 15.5. The number of hydrogen-bond acceptors (Lipinski definition) is 5. The molecule has 7 nitrogen and oxygen atoms in total. The van der Waals surface area contributed by atoms with Crippen molar-refractivity contribution >= 4 is 15.7 Å². The number of nitrogens with zero attached hydrogens (tertiary/aromatic N) is 1. The molecule has 0 radical (unpaired) electrons. The molecule has 1 aromatic rings. The Balaban J connectivity index is 1.42. The molecule has 1 aromatic carbocycles. The van der Waals surface area contributed by atoms with Gasteiger partial charge in [0.25, 0.3) is 5.69 Å². The maximum atomic E-state index is 12.3. The fourth-order valence-corrected chi connectivity index (χ4v) is 5.11. The number of ether oxygens (including phenoxy) is 1. The van der Waals surface area contributed by atoms with Gasteiger partial charge in [-0.25, -0.2) is 13.1 Å². The lowest BCUT2D eigenvalue weighted by Gasteiger charge is -2.19. The van der Waals surface area contributed by atoms with Gasteiger partial charge in [-0.05, 0) is 42.7 Å². The van der Waals surface area contributed by atoms with E-state index in [0.717, 1.165) is 12.8 Å². The molecule has 3 aliphatic rings. The van der Waals surface area contributed by atoms with Crippen molar-refractivity contribution in [3.63, 3.8) is 0 Å². The largest absolute Gasteiger partial charge is 0.369 e. The van der Waals surface area contributed by atoms with Gasteiger partial charge in [0.1, 0.15) is 0 Å². The van der Waals surface area contributed by atoms with Gasteiger partial charge >= 0.3 is 0 Å². The number of benzene rings is 1. The Labute approximate surface area is 127 Å². The van der Waals surface area contributed by atoms with Crippen molar-refractivity contribution in [2.75, 3.05) is 6.54 Å². The van der Waals surface area contributed by atoms with Gasteiger partial charge in [0.2, 0.25) is 10.0 Å². The Kier molecular flexibility index (Phi) is 3.04. The van der Waals surface area contributed by atoms with E-state index in [0.29, 0.717) is 36.5 Å². The van der Waals surface area contributed by atoms with Crippen molar-refractivity contribution in [2.45, 2.75) is 29.9 Å². The summed E-state index contributed by atoms with van der Waals surface area (Å²) in [7, 11) is -3.62. The lowest BCUT2D eigenvalue weighted by atomic mass is 9.89. The molecule has 1 N–H and O–H groups in total. The Bertz CT molecular complexity index is 717. The summed E-state index contributed by atoms with van der Waals surface area (Å²) in [5, 5.41) is 10.6. The van der Waals surface area contributed by atoms with E-state index in [1.165, 1.54) is 24.3 Å². The number of sulfonamides is 1. The lowest BCUT2D eigenvalue weighted by molar-refractivity contribution is -0.384. The number of nitro benzene ring substituents is 1. The average Bonchev–Trinajstić information content (AvgIpc) is 3.11. The second-order valence-electron chi connectivity index (χ2n) is 6.32. The third kappa shape index (κ3) is 2.22. The highest BCUT2D eigenvalue weighted by molar-refractivity contribution is 7.89. The van der Waals surface area contributed by atoms with Crippen LogP contribution in [0.4, 0.5) is 5.69 Å². The van der Waals surface area contributed by atoms with Gasteiger partial charge in [-0.2, -0.15) is 0 Å². The average molecular weight is 324 g/mol. The first-order valence-corrected chi connectivity index (χ1v) is 8.83. The number of hydrogen-bond donors (Lipinski definition) is 1. The van der Waals surface area contributed by atoms with Crippen LogP contribution in [0.3, 0.4) is 0 Å². The fourth-order valence-electron chi connectivity index (χ4n) is 4.01. The molecule has 118 valence electrons. The van der Waals surface area contributed by atoms with Crippen molar-refractivity contribution in [3.05, 3.63) is 34.4 Å². The number of fused-ring (bicyclic) bond motifs is 5. The van der Waals surface area contributed by atoms with E-state index >= 15 is 0 Å². The molecule has 8 heteroatoms. The summed E-state index contributed by atoms with van der Waals surface area (Å²) in [5.74, 6) is 1.42. The molecule has 1 heterocycles. The molecule has 3 fully saturated rings. The first kappa shape index (κ1) is 14.1. The number of nitrogens with one attached hydrogen (secondary N) is 1. The highest BCUT2D eigenvalue weighted by Gasteiger charge is 2.62. The molecule has 2 aliphatic carbocycles.